The lowest BCUT2D eigenvalue weighted by atomic mass is 9.92. The molecule has 140 valence electrons. The van der Waals surface area contributed by atoms with Gasteiger partial charge in [0, 0.05) is 19.0 Å². The highest BCUT2D eigenvalue weighted by atomic mass is 19.2. The summed E-state index contributed by atoms with van der Waals surface area (Å²) < 4.78 is 26.5. The number of anilines is 2. The molecule has 0 bridgehead atoms. The lowest BCUT2D eigenvalue weighted by molar-refractivity contribution is -0.0232. The van der Waals surface area contributed by atoms with Crippen LogP contribution in [0.25, 0.3) is 0 Å². The smallest absolute Gasteiger partial charge is 0.159 e. The highest BCUT2D eigenvalue weighted by molar-refractivity contribution is 5.46. The second-order valence-electron chi connectivity index (χ2n) is 6.48. The van der Waals surface area contributed by atoms with Gasteiger partial charge in [-0.05, 0) is 24.1 Å². The standard InChI is InChI=1S/C17H20F2N4O3/c1-23(14-6-13(20)21-7-22-14)12-5-9(16(25)17(12)26)15(24)8-2-3-10(18)11(19)4-8/h2-4,6-7,9,12,15-17,24-26H,5H2,1H3,(H2,20,21,22)/t9?,12?,15-,16+,17-/m0/s1. The van der Waals surface area contributed by atoms with E-state index in [1.54, 1.807) is 11.9 Å². The van der Waals surface area contributed by atoms with Crippen molar-refractivity contribution in [1.29, 1.82) is 0 Å². The number of rotatable bonds is 4. The van der Waals surface area contributed by atoms with E-state index < -0.39 is 41.9 Å². The molecule has 3 rings (SSSR count). The molecule has 0 aliphatic heterocycles. The van der Waals surface area contributed by atoms with Gasteiger partial charge < -0.3 is 26.0 Å². The number of nitrogens with two attached hydrogens (primary N) is 1. The van der Waals surface area contributed by atoms with E-state index in [1.807, 2.05) is 0 Å². The van der Waals surface area contributed by atoms with Crippen LogP contribution in [-0.2, 0) is 0 Å². The minimum atomic E-state index is -1.26. The zero-order chi connectivity index (χ0) is 19.0. The summed E-state index contributed by atoms with van der Waals surface area (Å²) in [5, 5.41) is 31.3. The summed E-state index contributed by atoms with van der Waals surface area (Å²) in [5.74, 6) is -2.15. The van der Waals surface area contributed by atoms with Crippen molar-refractivity contribution >= 4 is 11.6 Å². The van der Waals surface area contributed by atoms with E-state index in [2.05, 4.69) is 9.97 Å². The van der Waals surface area contributed by atoms with Gasteiger partial charge in [0.05, 0.1) is 18.2 Å². The number of likely N-dealkylation sites (N-methyl/N-ethyl adjacent to an activating group) is 1. The highest BCUT2D eigenvalue weighted by Crippen LogP contribution is 2.39. The zero-order valence-electron chi connectivity index (χ0n) is 14.0. The number of nitrogens with zero attached hydrogens (tertiary/aromatic N) is 3. The summed E-state index contributed by atoms with van der Waals surface area (Å²) in [6, 6.07) is 4.03. The normalized spacial score (nSPS) is 26.7. The molecule has 2 aromatic rings. The van der Waals surface area contributed by atoms with Crippen LogP contribution in [0.4, 0.5) is 20.4 Å². The Morgan fingerprint density at radius 3 is 2.54 bits per heavy atom. The average Bonchev–Trinajstić information content (AvgIpc) is 2.91. The van der Waals surface area contributed by atoms with Gasteiger partial charge in [0.2, 0.25) is 0 Å². The molecule has 0 radical (unpaired) electrons. The summed E-state index contributed by atoms with van der Waals surface area (Å²) in [6.07, 6.45) is -2.18. The molecule has 0 saturated heterocycles. The predicted molar refractivity (Wildman–Crippen MR) is 90.1 cm³/mol. The third-order valence-electron chi connectivity index (χ3n) is 4.92. The minimum absolute atomic E-state index is 0.134. The number of hydrogen-bond donors (Lipinski definition) is 4. The lowest BCUT2D eigenvalue weighted by Gasteiger charge is -2.28. The fourth-order valence-corrected chi connectivity index (χ4v) is 3.41. The summed E-state index contributed by atoms with van der Waals surface area (Å²) in [4.78, 5) is 9.53. The molecule has 1 fully saturated rings. The van der Waals surface area contributed by atoms with E-state index in [4.69, 9.17) is 5.73 Å². The Labute approximate surface area is 148 Å². The number of nitrogen functional groups attached to an aromatic ring is 1. The number of aliphatic hydroxyl groups excluding tert-OH is 3. The molecule has 0 spiro atoms. The predicted octanol–water partition coefficient (Wildman–Crippen LogP) is 0.617. The second kappa shape index (κ2) is 7.10. The summed E-state index contributed by atoms with van der Waals surface area (Å²) in [5.41, 5.74) is 5.77. The van der Waals surface area contributed by atoms with E-state index in [9.17, 15) is 24.1 Å². The van der Waals surface area contributed by atoms with Gasteiger partial charge >= 0.3 is 0 Å². The Morgan fingerprint density at radius 2 is 1.88 bits per heavy atom. The number of aliphatic hydroxyl groups is 3. The summed E-state index contributed by atoms with van der Waals surface area (Å²) in [7, 11) is 1.68. The van der Waals surface area contributed by atoms with Crippen LogP contribution < -0.4 is 10.6 Å². The van der Waals surface area contributed by atoms with Crippen molar-refractivity contribution in [2.75, 3.05) is 17.7 Å². The number of benzene rings is 1. The van der Waals surface area contributed by atoms with Gasteiger partial charge in [-0.2, -0.15) is 0 Å². The summed E-state index contributed by atoms with van der Waals surface area (Å²) >= 11 is 0. The van der Waals surface area contributed by atoms with Crippen LogP contribution in [0, 0.1) is 17.6 Å². The fourth-order valence-electron chi connectivity index (χ4n) is 3.41. The molecule has 7 nitrogen and oxygen atoms in total. The molecular formula is C17H20F2N4O3. The maximum absolute atomic E-state index is 13.4. The van der Waals surface area contributed by atoms with Crippen molar-refractivity contribution in [3.05, 3.63) is 47.8 Å². The molecule has 1 heterocycles. The maximum atomic E-state index is 13.4. The van der Waals surface area contributed by atoms with Gasteiger partial charge in [-0.25, -0.2) is 18.7 Å². The van der Waals surface area contributed by atoms with Gasteiger partial charge in [0.15, 0.2) is 11.6 Å². The van der Waals surface area contributed by atoms with Gasteiger partial charge in [-0.3, -0.25) is 0 Å². The van der Waals surface area contributed by atoms with Gasteiger partial charge in [0.1, 0.15) is 24.1 Å². The van der Waals surface area contributed by atoms with E-state index in [-0.39, 0.29) is 17.8 Å². The van der Waals surface area contributed by atoms with Gasteiger partial charge in [0.25, 0.3) is 0 Å². The topological polar surface area (TPSA) is 116 Å². The van der Waals surface area contributed by atoms with Crippen LogP contribution in [0.3, 0.4) is 0 Å². The van der Waals surface area contributed by atoms with Gasteiger partial charge in [-0.1, -0.05) is 6.07 Å². The first-order valence-corrected chi connectivity index (χ1v) is 8.09. The first-order valence-electron chi connectivity index (χ1n) is 8.09. The first kappa shape index (κ1) is 18.4. The van der Waals surface area contributed by atoms with E-state index in [1.165, 1.54) is 18.5 Å². The summed E-state index contributed by atoms with van der Waals surface area (Å²) in [6.45, 7) is 0. The lowest BCUT2D eigenvalue weighted by Crippen LogP contribution is -2.41. The average molecular weight is 366 g/mol. The van der Waals surface area contributed by atoms with Crippen LogP contribution in [0.1, 0.15) is 18.1 Å². The number of aromatic nitrogens is 2. The molecule has 1 aliphatic carbocycles. The molecule has 1 aromatic heterocycles. The Hall–Kier alpha value is -2.36. The van der Waals surface area contributed by atoms with Crippen LogP contribution in [-0.4, -0.2) is 50.6 Å². The Morgan fingerprint density at radius 1 is 1.15 bits per heavy atom. The molecule has 1 aliphatic rings. The van der Waals surface area contributed by atoms with Crippen LogP contribution >= 0.6 is 0 Å². The molecule has 0 amide bonds. The van der Waals surface area contributed by atoms with Crippen LogP contribution in [0.2, 0.25) is 0 Å². The van der Waals surface area contributed by atoms with E-state index in [0.29, 0.717) is 5.82 Å². The molecule has 2 unspecified atom stereocenters. The Balaban J connectivity index is 1.81. The molecule has 9 heteroatoms. The van der Waals surface area contributed by atoms with Crippen molar-refractivity contribution in [2.45, 2.75) is 30.8 Å². The Kier molecular flexibility index (Phi) is 5.03. The highest BCUT2D eigenvalue weighted by Gasteiger charge is 2.47. The fraction of sp³-hybridized carbons (Fsp3) is 0.412. The van der Waals surface area contributed by atoms with Crippen molar-refractivity contribution in [1.82, 2.24) is 9.97 Å². The van der Waals surface area contributed by atoms with E-state index in [0.717, 1.165) is 12.1 Å². The van der Waals surface area contributed by atoms with Crippen molar-refractivity contribution in [2.24, 2.45) is 5.92 Å². The van der Waals surface area contributed by atoms with Crippen LogP contribution in [0.15, 0.2) is 30.6 Å². The van der Waals surface area contributed by atoms with Crippen molar-refractivity contribution in [3.8, 4) is 0 Å². The maximum Gasteiger partial charge on any atom is 0.159 e. The Bertz CT molecular complexity index is 794. The monoisotopic (exact) mass is 366 g/mol. The number of hydrogen-bond acceptors (Lipinski definition) is 7. The third-order valence-corrected chi connectivity index (χ3v) is 4.92. The van der Waals surface area contributed by atoms with Crippen molar-refractivity contribution < 1.29 is 24.1 Å². The molecular weight excluding hydrogens is 346 g/mol. The number of halogens is 2. The van der Waals surface area contributed by atoms with Crippen molar-refractivity contribution in [3.63, 3.8) is 0 Å². The second-order valence-corrected chi connectivity index (χ2v) is 6.48. The molecule has 26 heavy (non-hydrogen) atoms. The SMILES string of the molecule is CN(c1cc(N)ncn1)C1CC([C@@H](O)c2ccc(F)c(F)c2)[C@@H](O)[C@H]1O. The first-order chi connectivity index (χ1) is 12.3. The largest absolute Gasteiger partial charge is 0.390 e. The molecule has 5 N–H and O–H groups in total. The quantitative estimate of drug-likeness (QED) is 0.627. The zero-order valence-corrected chi connectivity index (χ0v) is 14.0. The molecule has 1 aromatic carbocycles. The van der Waals surface area contributed by atoms with Crippen LogP contribution in [0.5, 0.6) is 0 Å². The van der Waals surface area contributed by atoms with E-state index >= 15 is 0 Å². The van der Waals surface area contributed by atoms with Gasteiger partial charge in [-0.15, -0.1) is 0 Å². The third kappa shape index (κ3) is 3.33. The molecule has 5 atom stereocenters. The molecule has 1 saturated carbocycles. The minimum Gasteiger partial charge on any atom is -0.390 e.